The molecule has 122 valence electrons. The van der Waals surface area contributed by atoms with Gasteiger partial charge in [0.1, 0.15) is 0 Å². The maximum absolute atomic E-state index is 12.5. The molecule has 2 aromatic carbocycles. The predicted molar refractivity (Wildman–Crippen MR) is 92.8 cm³/mol. The molecule has 0 aliphatic heterocycles. The number of para-hydroxylation sites is 1. The lowest BCUT2D eigenvalue weighted by Crippen LogP contribution is -2.27. The minimum absolute atomic E-state index is 0.126. The number of rotatable bonds is 4. The molecule has 0 aliphatic rings. The van der Waals surface area contributed by atoms with Gasteiger partial charge >= 0.3 is 0 Å². The summed E-state index contributed by atoms with van der Waals surface area (Å²) in [5.74, 6) is -0.120. The summed E-state index contributed by atoms with van der Waals surface area (Å²) in [6.07, 6.45) is 0. The van der Waals surface area contributed by atoms with Crippen LogP contribution in [0.25, 0.3) is 5.69 Å². The number of nitrogens with zero attached hydrogens (tertiary/aromatic N) is 3. The van der Waals surface area contributed by atoms with Crippen LogP contribution < -0.4 is 11.1 Å². The molecule has 0 aliphatic carbocycles. The molecule has 1 unspecified atom stereocenters. The Kier molecular flexibility index (Phi) is 4.29. The van der Waals surface area contributed by atoms with Crippen molar-refractivity contribution in [1.29, 1.82) is 0 Å². The topological polar surface area (TPSA) is 85.8 Å². The minimum atomic E-state index is -0.344. The zero-order chi connectivity index (χ0) is 17.1. The molecule has 0 spiro atoms. The number of carbonyl (C=O) groups is 1. The van der Waals surface area contributed by atoms with E-state index in [4.69, 9.17) is 5.73 Å². The van der Waals surface area contributed by atoms with Crippen LogP contribution in [0, 0.1) is 6.92 Å². The van der Waals surface area contributed by atoms with Crippen molar-refractivity contribution in [2.75, 3.05) is 5.73 Å². The summed E-state index contributed by atoms with van der Waals surface area (Å²) in [6, 6.07) is 17.2. The van der Waals surface area contributed by atoms with E-state index in [9.17, 15) is 4.79 Å². The maximum Gasteiger partial charge on any atom is 0.276 e. The second-order valence-electron chi connectivity index (χ2n) is 5.63. The van der Waals surface area contributed by atoms with Crippen molar-refractivity contribution < 1.29 is 4.79 Å². The summed E-state index contributed by atoms with van der Waals surface area (Å²) < 4.78 is 1.48. The molecule has 3 aromatic rings. The lowest BCUT2D eigenvalue weighted by Gasteiger charge is -2.13. The SMILES string of the molecule is Cc1ccccc1-n1nnc(C(=O)NC(C)c2ccccc2)c1N. The number of aryl methyl sites for hydroxylation is 1. The molecule has 3 N–H and O–H groups in total. The quantitative estimate of drug-likeness (QED) is 0.773. The molecular formula is C18H19N5O. The first-order valence-electron chi connectivity index (χ1n) is 7.71. The van der Waals surface area contributed by atoms with E-state index in [1.165, 1.54) is 4.68 Å². The highest BCUT2D eigenvalue weighted by Gasteiger charge is 2.20. The van der Waals surface area contributed by atoms with E-state index in [2.05, 4.69) is 15.6 Å². The van der Waals surface area contributed by atoms with Gasteiger partial charge in [-0.3, -0.25) is 4.79 Å². The van der Waals surface area contributed by atoms with Crippen LogP contribution in [0.2, 0.25) is 0 Å². The summed E-state index contributed by atoms with van der Waals surface area (Å²) in [7, 11) is 0. The fraction of sp³-hybridized carbons (Fsp3) is 0.167. The van der Waals surface area contributed by atoms with Crippen molar-refractivity contribution in [3.05, 3.63) is 71.4 Å². The summed E-state index contributed by atoms with van der Waals surface area (Å²) in [5, 5.41) is 10.9. The predicted octanol–water partition coefficient (Wildman–Crippen LogP) is 2.65. The van der Waals surface area contributed by atoms with Crippen molar-refractivity contribution in [3.8, 4) is 5.69 Å². The number of anilines is 1. The number of aromatic nitrogens is 3. The molecule has 24 heavy (non-hydrogen) atoms. The Bertz CT molecular complexity index is 857. The van der Waals surface area contributed by atoms with Gasteiger partial charge in [-0.25, -0.2) is 0 Å². The molecule has 1 heterocycles. The van der Waals surface area contributed by atoms with Crippen molar-refractivity contribution >= 4 is 11.7 Å². The van der Waals surface area contributed by atoms with Gasteiger partial charge in [0.2, 0.25) is 0 Å². The molecular weight excluding hydrogens is 302 g/mol. The molecule has 0 saturated carbocycles. The lowest BCUT2D eigenvalue weighted by molar-refractivity contribution is 0.0935. The van der Waals surface area contributed by atoms with E-state index in [0.717, 1.165) is 16.8 Å². The van der Waals surface area contributed by atoms with E-state index in [1.54, 1.807) is 0 Å². The van der Waals surface area contributed by atoms with Crippen molar-refractivity contribution in [2.45, 2.75) is 19.9 Å². The van der Waals surface area contributed by atoms with Crippen LogP contribution in [0.5, 0.6) is 0 Å². The molecule has 1 amide bonds. The van der Waals surface area contributed by atoms with Crippen LogP contribution >= 0.6 is 0 Å². The standard InChI is InChI=1S/C18H19N5O/c1-12-8-6-7-11-15(12)23-17(19)16(21-22-23)18(24)20-13(2)14-9-4-3-5-10-14/h3-11,13H,19H2,1-2H3,(H,20,24). The number of nitrogens with two attached hydrogens (primary N) is 1. The minimum Gasteiger partial charge on any atom is -0.382 e. The van der Waals surface area contributed by atoms with Gasteiger partial charge in [-0.1, -0.05) is 53.7 Å². The molecule has 1 atom stereocenters. The Balaban J connectivity index is 1.83. The summed E-state index contributed by atoms with van der Waals surface area (Å²) in [4.78, 5) is 12.5. The molecule has 3 rings (SSSR count). The number of hydrogen-bond donors (Lipinski definition) is 2. The third-order valence-corrected chi connectivity index (χ3v) is 3.91. The van der Waals surface area contributed by atoms with Crippen molar-refractivity contribution in [1.82, 2.24) is 20.3 Å². The van der Waals surface area contributed by atoms with Gasteiger partial charge in [0.25, 0.3) is 5.91 Å². The fourth-order valence-corrected chi connectivity index (χ4v) is 2.52. The monoisotopic (exact) mass is 321 g/mol. The largest absolute Gasteiger partial charge is 0.382 e. The highest BCUT2D eigenvalue weighted by atomic mass is 16.2. The molecule has 0 saturated heterocycles. The number of nitrogen functional groups attached to an aromatic ring is 1. The number of carbonyl (C=O) groups excluding carboxylic acids is 1. The number of nitrogens with one attached hydrogen (secondary N) is 1. The first-order valence-corrected chi connectivity index (χ1v) is 7.71. The second-order valence-corrected chi connectivity index (χ2v) is 5.63. The Morgan fingerprint density at radius 2 is 1.79 bits per heavy atom. The van der Waals surface area contributed by atoms with E-state index in [1.807, 2.05) is 68.4 Å². The van der Waals surface area contributed by atoms with Crippen LogP contribution in [0.1, 0.15) is 34.6 Å². The van der Waals surface area contributed by atoms with Gasteiger partial charge in [0, 0.05) is 0 Å². The van der Waals surface area contributed by atoms with E-state index in [-0.39, 0.29) is 23.5 Å². The van der Waals surface area contributed by atoms with Gasteiger partial charge < -0.3 is 11.1 Å². The Labute approximate surface area is 140 Å². The van der Waals surface area contributed by atoms with E-state index >= 15 is 0 Å². The zero-order valence-electron chi connectivity index (χ0n) is 13.6. The van der Waals surface area contributed by atoms with Crippen LogP contribution in [0.15, 0.2) is 54.6 Å². The van der Waals surface area contributed by atoms with E-state index < -0.39 is 0 Å². The van der Waals surface area contributed by atoms with Gasteiger partial charge in [0.05, 0.1) is 11.7 Å². The van der Waals surface area contributed by atoms with Crippen LogP contribution in [0.4, 0.5) is 5.82 Å². The fourth-order valence-electron chi connectivity index (χ4n) is 2.52. The average Bonchev–Trinajstić information content (AvgIpc) is 2.97. The molecule has 6 heteroatoms. The van der Waals surface area contributed by atoms with E-state index in [0.29, 0.717) is 0 Å². The summed E-state index contributed by atoms with van der Waals surface area (Å²) in [5.41, 5.74) is 9.03. The highest BCUT2D eigenvalue weighted by Crippen LogP contribution is 2.19. The van der Waals surface area contributed by atoms with Gasteiger partial charge in [-0.05, 0) is 31.0 Å². The number of amides is 1. The Morgan fingerprint density at radius 3 is 2.50 bits per heavy atom. The van der Waals surface area contributed by atoms with Crippen LogP contribution in [0.3, 0.4) is 0 Å². The van der Waals surface area contributed by atoms with Gasteiger partial charge in [-0.2, -0.15) is 4.68 Å². The second kappa shape index (κ2) is 6.54. The lowest BCUT2D eigenvalue weighted by atomic mass is 10.1. The number of benzene rings is 2. The zero-order valence-corrected chi connectivity index (χ0v) is 13.6. The normalized spacial score (nSPS) is 11.9. The Hall–Kier alpha value is -3.15. The molecule has 0 radical (unpaired) electrons. The third-order valence-electron chi connectivity index (χ3n) is 3.91. The van der Waals surface area contributed by atoms with Gasteiger partial charge in [-0.15, -0.1) is 5.10 Å². The smallest absolute Gasteiger partial charge is 0.276 e. The third kappa shape index (κ3) is 2.99. The first-order chi connectivity index (χ1) is 11.6. The number of hydrogen-bond acceptors (Lipinski definition) is 4. The molecule has 0 fully saturated rings. The highest BCUT2D eigenvalue weighted by molar-refractivity contribution is 5.96. The summed E-state index contributed by atoms with van der Waals surface area (Å²) in [6.45, 7) is 3.86. The van der Waals surface area contributed by atoms with Crippen molar-refractivity contribution in [2.24, 2.45) is 0 Å². The molecule has 0 bridgehead atoms. The molecule has 6 nitrogen and oxygen atoms in total. The molecule has 1 aromatic heterocycles. The summed E-state index contributed by atoms with van der Waals surface area (Å²) >= 11 is 0. The maximum atomic E-state index is 12.5. The Morgan fingerprint density at radius 1 is 1.12 bits per heavy atom. The van der Waals surface area contributed by atoms with Crippen LogP contribution in [-0.4, -0.2) is 20.9 Å². The van der Waals surface area contributed by atoms with Crippen molar-refractivity contribution in [3.63, 3.8) is 0 Å². The first kappa shape index (κ1) is 15.7. The average molecular weight is 321 g/mol. The van der Waals surface area contributed by atoms with Crippen LogP contribution in [-0.2, 0) is 0 Å². The van der Waals surface area contributed by atoms with Gasteiger partial charge in [0.15, 0.2) is 11.5 Å².